The van der Waals surface area contributed by atoms with Crippen molar-refractivity contribution in [3.05, 3.63) is 138 Å². The number of ether oxygens (including phenoxy) is 2. The normalized spacial score (nSPS) is 14.7. The summed E-state index contributed by atoms with van der Waals surface area (Å²) in [6, 6.07) is 21.7. The standard InChI is InChI=1S/C34H24Cl2I2N2O5S/c1-3-43-33(42)29-18(2)39-34-40(30(29)27-12-11-26(45-27)21-9-10-22(35)23(36)16-21)32(41)28(46-34)15-20-13-24(37)31(25(38)14-20)44-17-19-7-5-4-6-8-19/h4-16,30H,3,17H2,1-2H3/b28-15-/t30-/m1/s1. The molecule has 0 bridgehead atoms. The van der Waals surface area contributed by atoms with Gasteiger partial charge in [-0.1, -0.05) is 64.9 Å². The van der Waals surface area contributed by atoms with Gasteiger partial charge in [-0.15, -0.1) is 0 Å². The van der Waals surface area contributed by atoms with Crippen molar-refractivity contribution in [1.82, 2.24) is 4.57 Å². The third-order valence-electron chi connectivity index (χ3n) is 7.16. The van der Waals surface area contributed by atoms with E-state index >= 15 is 0 Å². The number of hydrogen-bond acceptors (Lipinski definition) is 7. The smallest absolute Gasteiger partial charge is 0.338 e. The van der Waals surface area contributed by atoms with Crippen LogP contribution in [0.15, 0.2) is 98.3 Å². The van der Waals surface area contributed by atoms with Gasteiger partial charge in [-0.05, 0) is 119 Å². The molecule has 0 N–H and O–H groups in total. The van der Waals surface area contributed by atoms with Crippen LogP contribution in [0.25, 0.3) is 17.4 Å². The summed E-state index contributed by atoms with van der Waals surface area (Å²) in [5, 5.41) is 0.805. The van der Waals surface area contributed by atoms with Crippen molar-refractivity contribution < 1.29 is 18.7 Å². The molecule has 0 unspecified atom stereocenters. The second-order valence-electron chi connectivity index (χ2n) is 10.2. The number of thiazole rings is 1. The summed E-state index contributed by atoms with van der Waals surface area (Å²) >= 11 is 18.1. The fourth-order valence-electron chi connectivity index (χ4n) is 5.05. The van der Waals surface area contributed by atoms with Crippen LogP contribution in [0.2, 0.25) is 10.0 Å². The van der Waals surface area contributed by atoms with Gasteiger partial charge in [0.25, 0.3) is 5.56 Å². The van der Waals surface area contributed by atoms with E-state index in [0.717, 1.165) is 24.0 Å². The first-order valence-corrected chi connectivity index (χ1v) is 17.8. The van der Waals surface area contributed by atoms with Crippen molar-refractivity contribution in [1.29, 1.82) is 0 Å². The Hall–Kier alpha value is -2.91. The van der Waals surface area contributed by atoms with Gasteiger partial charge in [-0.2, -0.15) is 0 Å². The summed E-state index contributed by atoms with van der Waals surface area (Å²) in [6.45, 7) is 4.08. The summed E-state index contributed by atoms with van der Waals surface area (Å²) in [7, 11) is 0. The lowest BCUT2D eigenvalue weighted by molar-refractivity contribution is -0.139. The number of aromatic nitrogens is 1. The Kier molecular flexibility index (Phi) is 10.1. The maximum Gasteiger partial charge on any atom is 0.338 e. The van der Waals surface area contributed by atoms with Crippen LogP contribution in [-0.2, 0) is 16.1 Å². The number of esters is 1. The number of carbonyl (C=O) groups is 1. The lowest BCUT2D eigenvalue weighted by Crippen LogP contribution is -2.39. The molecule has 5 aromatic rings. The van der Waals surface area contributed by atoms with E-state index in [4.69, 9.17) is 37.1 Å². The van der Waals surface area contributed by atoms with Gasteiger partial charge in [0, 0.05) is 5.56 Å². The molecule has 0 amide bonds. The molecule has 6 rings (SSSR count). The van der Waals surface area contributed by atoms with E-state index in [0.29, 0.717) is 48.8 Å². The lowest BCUT2D eigenvalue weighted by Gasteiger charge is -2.22. The SMILES string of the molecule is CCOC(=O)C1=C(C)N=c2s/c(=C\c3cc(I)c(OCc4ccccc4)c(I)c3)c(=O)n2[C@@H]1c1ccc(-c2ccc(Cl)c(Cl)c2)o1. The van der Waals surface area contributed by atoms with Crippen LogP contribution >= 0.6 is 79.7 Å². The Morgan fingerprint density at radius 3 is 2.48 bits per heavy atom. The van der Waals surface area contributed by atoms with Crippen molar-refractivity contribution in [2.45, 2.75) is 26.5 Å². The summed E-state index contributed by atoms with van der Waals surface area (Å²) < 4.78 is 21.6. The second-order valence-corrected chi connectivity index (χ2v) is 14.4. The summed E-state index contributed by atoms with van der Waals surface area (Å²) in [6.07, 6.45) is 1.83. The van der Waals surface area contributed by atoms with Crippen LogP contribution in [-0.4, -0.2) is 17.1 Å². The van der Waals surface area contributed by atoms with Crippen LogP contribution in [0, 0.1) is 7.14 Å². The van der Waals surface area contributed by atoms with E-state index in [1.54, 1.807) is 44.2 Å². The van der Waals surface area contributed by atoms with Gasteiger partial charge in [-0.3, -0.25) is 9.36 Å². The summed E-state index contributed by atoms with van der Waals surface area (Å²) in [5.74, 6) is 1.11. The molecular weight excluding hydrogens is 873 g/mol. The minimum Gasteiger partial charge on any atom is -0.487 e. The highest BCUT2D eigenvalue weighted by Crippen LogP contribution is 2.36. The molecule has 46 heavy (non-hydrogen) atoms. The largest absolute Gasteiger partial charge is 0.487 e. The minimum atomic E-state index is -0.886. The highest BCUT2D eigenvalue weighted by atomic mass is 127. The molecule has 0 saturated carbocycles. The number of rotatable bonds is 8. The third kappa shape index (κ3) is 6.73. The number of nitrogens with zero attached hydrogens (tertiary/aromatic N) is 2. The molecule has 3 heterocycles. The molecule has 12 heteroatoms. The van der Waals surface area contributed by atoms with Gasteiger partial charge < -0.3 is 13.9 Å². The Balaban J connectivity index is 1.41. The molecule has 7 nitrogen and oxygen atoms in total. The molecule has 234 valence electrons. The van der Waals surface area contributed by atoms with Gasteiger partial charge in [0.15, 0.2) is 4.80 Å². The molecule has 1 aliphatic rings. The predicted molar refractivity (Wildman–Crippen MR) is 197 cm³/mol. The van der Waals surface area contributed by atoms with Crippen LogP contribution in [0.4, 0.5) is 0 Å². The fourth-order valence-corrected chi connectivity index (χ4v) is 8.52. The van der Waals surface area contributed by atoms with Gasteiger partial charge in [0.05, 0.1) is 39.6 Å². The van der Waals surface area contributed by atoms with E-state index in [1.165, 1.54) is 15.9 Å². The van der Waals surface area contributed by atoms with E-state index in [1.807, 2.05) is 48.5 Å². The molecule has 0 saturated heterocycles. The maximum atomic E-state index is 14.1. The van der Waals surface area contributed by atoms with Gasteiger partial charge >= 0.3 is 5.97 Å². The highest BCUT2D eigenvalue weighted by Gasteiger charge is 2.35. The zero-order valence-corrected chi connectivity index (χ0v) is 31.0. The van der Waals surface area contributed by atoms with E-state index in [2.05, 4.69) is 50.2 Å². The molecule has 1 aliphatic heterocycles. The van der Waals surface area contributed by atoms with Gasteiger partial charge in [-0.25, -0.2) is 9.79 Å². The van der Waals surface area contributed by atoms with Crippen molar-refractivity contribution >= 4 is 91.8 Å². The second kappa shape index (κ2) is 14.1. The predicted octanol–water partition coefficient (Wildman–Crippen LogP) is 8.15. The Labute approximate surface area is 305 Å². The molecule has 1 atom stereocenters. The number of carbonyl (C=O) groups excluding carboxylic acids is 1. The van der Waals surface area contributed by atoms with E-state index in [-0.39, 0.29) is 17.7 Å². The number of hydrogen-bond donors (Lipinski definition) is 0. The Morgan fingerprint density at radius 2 is 1.78 bits per heavy atom. The fraction of sp³-hybridized carbons (Fsp3) is 0.147. The highest BCUT2D eigenvalue weighted by molar-refractivity contribution is 14.1. The topological polar surface area (TPSA) is 83.0 Å². The van der Waals surface area contributed by atoms with Crippen molar-refractivity contribution in [2.24, 2.45) is 4.99 Å². The first kappa shape index (κ1) is 33.0. The summed E-state index contributed by atoms with van der Waals surface area (Å²) in [5.41, 5.74) is 3.00. The number of benzene rings is 3. The molecule has 0 fully saturated rings. The zero-order valence-electron chi connectivity index (χ0n) is 24.4. The average Bonchev–Trinajstić information content (AvgIpc) is 3.63. The first-order chi connectivity index (χ1) is 22.1. The lowest BCUT2D eigenvalue weighted by atomic mass is 10.0. The Bertz CT molecular complexity index is 2170. The molecule has 0 radical (unpaired) electrons. The Morgan fingerprint density at radius 1 is 1.04 bits per heavy atom. The summed E-state index contributed by atoms with van der Waals surface area (Å²) in [4.78, 5) is 32.5. The quantitative estimate of drug-likeness (QED) is 0.116. The van der Waals surface area contributed by atoms with Crippen molar-refractivity contribution in [3.8, 4) is 17.1 Å². The van der Waals surface area contributed by atoms with Crippen LogP contribution in [0.5, 0.6) is 5.75 Å². The number of allylic oxidation sites excluding steroid dienone is 1. The zero-order chi connectivity index (χ0) is 32.5. The van der Waals surface area contributed by atoms with E-state index < -0.39 is 12.0 Å². The maximum absolute atomic E-state index is 14.1. The van der Waals surface area contributed by atoms with Gasteiger partial charge in [0.1, 0.15) is 29.9 Å². The number of furan rings is 1. The first-order valence-electron chi connectivity index (χ1n) is 14.0. The van der Waals surface area contributed by atoms with Crippen LogP contribution in [0.1, 0.15) is 36.8 Å². The monoisotopic (exact) mass is 896 g/mol. The van der Waals surface area contributed by atoms with E-state index in [9.17, 15) is 9.59 Å². The molecule has 3 aromatic carbocycles. The van der Waals surface area contributed by atoms with Gasteiger partial charge in [0.2, 0.25) is 0 Å². The molecule has 0 aliphatic carbocycles. The number of halogens is 4. The third-order valence-corrected chi connectivity index (χ3v) is 10.5. The average molecular weight is 897 g/mol. The van der Waals surface area contributed by atoms with Crippen molar-refractivity contribution in [3.63, 3.8) is 0 Å². The van der Waals surface area contributed by atoms with Crippen LogP contribution in [0.3, 0.4) is 0 Å². The number of fused-ring (bicyclic) bond motifs is 1. The molecular formula is C34H24Cl2I2N2O5S. The van der Waals surface area contributed by atoms with Crippen LogP contribution < -0.4 is 19.6 Å². The van der Waals surface area contributed by atoms with Crippen molar-refractivity contribution in [2.75, 3.05) is 6.61 Å². The minimum absolute atomic E-state index is 0.168. The molecule has 0 spiro atoms. The molecule has 2 aromatic heterocycles.